The molecule has 0 amide bonds. The highest BCUT2D eigenvalue weighted by molar-refractivity contribution is 7.85. The van der Waals surface area contributed by atoms with E-state index in [0.717, 1.165) is 5.69 Å². The first kappa shape index (κ1) is 10.7. The minimum atomic E-state index is -4.56. The summed E-state index contributed by atoms with van der Waals surface area (Å²) in [7, 11) is -4.56. The van der Waals surface area contributed by atoms with Crippen molar-refractivity contribution < 1.29 is 12.3 Å². The van der Waals surface area contributed by atoms with Crippen molar-refractivity contribution in [2.45, 2.75) is 5.75 Å². The zero-order chi connectivity index (χ0) is 11.6. The van der Waals surface area contributed by atoms with Crippen LogP contribution in [0, 0.1) is 0 Å². The van der Waals surface area contributed by atoms with Gasteiger partial charge in [0.25, 0.3) is 0 Å². The first-order valence-electron chi connectivity index (χ1n) is 4.43. The Bertz CT molecular complexity index is 580. The quantitative estimate of drug-likeness (QED) is 0.754. The van der Waals surface area contributed by atoms with Crippen LogP contribution in [0.5, 0.6) is 0 Å². The summed E-state index contributed by atoms with van der Waals surface area (Å²) in [6.45, 7) is 0. The largest absolute Gasteiger partial charge is 0.308 e. The predicted octanol–water partition coefficient (Wildman–Crippen LogP) is 1.07. The molecule has 1 aromatic carbocycles. The molecule has 2 aromatic rings. The van der Waals surface area contributed by atoms with Gasteiger partial charge in [0.1, 0.15) is 11.4 Å². The molecule has 0 bridgehead atoms. The minimum Gasteiger partial charge on any atom is -0.220 e. The highest BCUT2D eigenvalue weighted by Crippen LogP contribution is 2.08. The van der Waals surface area contributed by atoms with Gasteiger partial charge in [-0.25, -0.2) is 4.68 Å². The van der Waals surface area contributed by atoms with E-state index in [0.29, 0.717) is 0 Å². The zero-order valence-corrected chi connectivity index (χ0v) is 8.93. The van der Waals surface area contributed by atoms with Crippen molar-refractivity contribution in [3.8, 4) is 5.69 Å². The molecule has 16 heavy (non-hydrogen) atoms. The fraction of sp³-hybridized carbons (Fsp3) is 0.111. The van der Waals surface area contributed by atoms with Gasteiger partial charge in [-0.3, -0.25) is 0 Å². The first-order chi connectivity index (χ1) is 7.54. The number of rotatable bonds is 3. The molecule has 2 rings (SSSR count). The van der Waals surface area contributed by atoms with E-state index < -0.39 is 16.0 Å². The van der Waals surface area contributed by atoms with Crippen LogP contribution in [-0.2, 0) is 16.0 Å². The lowest BCUT2D eigenvalue weighted by molar-refractivity contribution is 0.550. The smallest absolute Gasteiger partial charge is 0.220 e. The van der Waals surface area contributed by atoms with Crippen molar-refractivity contribution in [3.05, 3.63) is 42.2 Å². The van der Waals surface area contributed by atoms with Crippen LogP contribution in [0.1, 0.15) is 5.69 Å². The van der Waals surface area contributed by atoms with E-state index in [1.165, 1.54) is 10.9 Å². The van der Waals surface area contributed by atoms with E-state index in [2.05, 4.69) is 10.3 Å². The lowest BCUT2D eigenvalue weighted by Crippen LogP contribution is -1.96. The molecular weight excluding hydrogens is 233 g/mol. The maximum absolute atomic E-state index is 12.4. The molecule has 0 aliphatic rings. The summed E-state index contributed by atoms with van der Waals surface area (Å²) in [5, 5.41) is 7.28. The number of benzene rings is 1. The van der Waals surface area contributed by atoms with Gasteiger partial charge < -0.3 is 0 Å². The normalized spacial score (nSPS) is 11.6. The van der Waals surface area contributed by atoms with Gasteiger partial charge in [-0.05, 0) is 12.1 Å². The van der Waals surface area contributed by atoms with E-state index in [1.807, 2.05) is 18.2 Å². The molecule has 1 heterocycles. The molecule has 0 saturated carbocycles. The summed E-state index contributed by atoms with van der Waals surface area (Å²) in [5.41, 5.74) is 0.809. The fourth-order valence-corrected chi connectivity index (χ4v) is 1.73. The summed E-state index contributed by atoms with van der Waals surface area (Å²) in [6, 6.07) is 9.02. The number of hydrogen-bond acceptors (Lipinski definition) is 4. The van der Waals surface area contributed by atoms with Crippen molar-refractivity contribution in [1.82, 2.24) is 15.0 Å². The first-order valence-corrected chi connectivity index (χ1v) is 5.99. The minimum absolute atomic E-state index is 0.0753. The number of nitrogens with zero attached hydrogens (tertiary/aromatic N) is 3. The van der Waals surface area contributed by atoms with Crippen LogP contribution in [0.15, 0.2) is 36.5 Å². The Labute approximate surface area is 91.7 Å². The molecule has 0 spiro atoms. The highest BCUT2D eigenvalue weighted by Gasteiger charge is 2.12. The van der Waals surface area contributed by atoms with Gasteiger partial charge in [0.05, 0.1) is 11.9 Å². The van der Waals surface area contributed by atoms with Crippen molar-refractivity contribution in [2.75, 3.05) is 0 Å². The average Bonchev–Trinajstić information content (AvgIpc) is 2.65. The molecule has 0 aliphatic carbocycles. The van der Waals surface area contributed by atoms with Crippen LogP contribution >= 0.6 is 0 Å². The van der Waals surface area contributed by atoms with E-state index in [-0.39, 0.29) is 5.69 Å². The number of hydrogen-bond donors (Lipinski definition) is 0. The van der Waals surface area contributed by atoms with Crippen molar-refractivity contribution in [2.24, 2.45) is 0 Å². The lowest BCUT2D eigenvalue weighted by atomic mass is 10.3. The molecular formula is C9H8FN3O2S. The molecule has 5 nitrogen and oxygen atoms in total. The molecule has 0 radical (unpaired) electrons. The maximum atomic E-state index is 12.4. The number of halogens is 1. The Morgan fingerprint density at radius 1 is 1.25 bits per heavy atom. The van der Waals surface area contributed by atoms with Crippen molar-refractivity contribution >= 4 is 10.2 Å². The van der Waals surface area contributed by atoms with E-state index in [9.17, 15) is 12.3 Å². The Morgan fingerprint density at radius 3 is 2.56 bits per heavy atom. The zero-order valence-electron chi connectivity index (χ0n) is 8.12. The molecule has 0 N–H and O–H groups in total. The molecule has 0 unspecified atom stereocenters. The second-order valence-electron chi connectivity index (χ2n) is 3.17. The topological polar surface area (TPSA) is 64.8 Å². The molecule has 7 heteroatoms. The van der Waals surface area contributed by atoms with Gasteiger partial charge in [0.15, 0.2) is 0 Å². The molecule has 84 valence electrons. The maximum Gasteiger partial charge on any atom is 0.308 e. The van der Waals surface area contributed by atoms with Crippen LogP contribution in [0.4, 0.5) is 3.89 Å². The summed E-state index contributed by atoms with van der Waals surface area (Å²) in [5.74, 6) is -0.750. The Morgan fingerprint density at radius 2 is 1.94 bits per heavy atom. The summed E-state index contributed by atoms with van der Waals surface area (Å²) in [6.07, 6.45) is 1.38. The average molecular weight is 241 g/mol. The van der Waals surface area contributed by atoms with E-state index in [1.54, 1.807) is 12.1 Å². The van der Waals surface area contributed by atoms with Gasteiger partial charge in [-0.2, -0.15) is 8.42 Å². The van der Waals surface area contributed by atoms with Crippen LogP contribution in [0.2, 0.25) is 0 Å². The summed E-state index contributed by atoms with van der Waals surface area (Å²) in [4.78, 5) is 0. The lowest BCUT2D eigenvalue weighted by Gasteiger charge is -1.96. The van der Waals surface area contributed by atoms with Gasteiger partial charge in [0.2, 0.25) is 0 Å². The van der Waals surface area contributed by atoms with Gasteiger partial charge in [0, 0.05) is 0 Å². The molecule has 0 aliphatic heterocycles. The third kappa shape index (κ3) is 2.63. The van der Waals surface area contributed by atoms with Crippen LogP contribution in [0.3, 0.4) is 0 Å². The molecule has 0 saturated heterocycles. The van der Waals surface area contributed by atoms with Gasteiger partial charge in [-0.1, -0.05) is 23.4 Å². The SMILES string of the molecule is O=S(=O)(F)Cc1cn(-c2ccccc2)nn1. The van der Waals surface area contributed by atoms with Gasteiger partial charge in [-0.15, -0.1) is 8.98 Å². The molecule has 0 fully saturated rings. The van der Waals surface area contributed by atoms with E-state index >= 15 is 0 Å². The Balaban J connectivity index is 2.27. The third-order valence-corrected chi connectivity index (χ3v) is 2.52. The molecule has 1 aromatic heterocycles. The predicted molar refractivity (Wildman–Crippen MR) is 55.1 cm³/mol. The highest BCUT2D eigenvalue weighted by atomic mass is 32.3. The van der Waals surface area contributed by atoms with Crippen LogP contribution in [0.25, 0.3) is 5.69 Å². The number of aromatic nitrogens is 3. The third-order valence-electron chi connectivity index (χ3n) is 1.88. The van der Waals surface area contributed by atoms with Crippen LogP contribution < -0.4 is 0 Å². The molecule has 0 atom stereocenters. The summed E-state index contributed by atoms with van der Waals surface area (Å²) >= 11 is 0. The van der Waals surface area contributed by atoms with Crippen molar-refractivity contribution in [3.63, 3.8) is 0 Å². The summed E-state index contributed by atoms with van der Waals surface area (Å²) < 4.78 is 34.6. The Kier molecular flexibility index (Phi) is 2.69. The monoisotopic (exact) mass is 241 g/mol. The fourth-order valence-electron chi connectivity index (χ4n) is 1.25. The standard InChI is InChI=1S/C9H8FN3O2S/c10-16(14,15)7-8-6-13(12-11-8)9-4-2-1-3-5-9/h1-6H,7H2. The van der Waals surface area contributed by atoms with E-state index in [4.69, 9.17) is 0 Å². The number of para-hydroxylation sites is 1. The second kappa shape index (κ2) is 4.01. The second-order valence-corrected chi connectivity index (χ2v) is 4.54. The van der Waals surface area contributed by atoms with Crippen LogP contribution in [-0.4, -0.2) is 23.4 Å². The van der Waals surface area contributed by atoms with Gasteiger partial charge >= 0.3 is 10.2 Å². The van der Waals surface area contributed by atoms with Crippen molar-refractivity contribution in [1.29, 1.82) is 0 Å². The Hall–Kier alpha value is -1.76.